The Morgan fingerprint density at radius 3 is 1.90 bits per heavy atom. The van der Waals surface area contributed by atoms with E-state index in [1.165, 1.54) is 69.7 Å². The summed E-state index contributed by atoms with van der Waals surface area (Å²) in [5.41, 5.74) is 17.7. The largest absolute Gasteiger partial charge is 0.309 e. The monoisotopic (exact) mass is 772 g/mol. The number of hydrogen-bond donors (Lipinski definition) is 0. The molecule has 4 atom stereocenters. The van der Waals surface area contributed by atoms with E-state index in [9.17, 15) is 0 Å². The molecule has 9 aromatic rings. The minimum Gasteiger partial charge on any atom is -0.309 e. The van der Waals surface area contributed by atoms with Crippen molar-refractivity contribution in [3.05, 3.63) is 180 Å². The van der Waals surface area contributed by atoms with Crippen molar-refractivity contribution in [1.82, 2.24) is 19.5 Å². The van der Waals surface area contributed by atoms with Crippen LogP contribution in [-0.4, -0.2) is 19.5 Å². The van der Waals surface area contributed by atoms with E-state index < -0.39 is 0 Å². The highest BCUT2D eigenvalue weighted by molar-refractivity contribution is 6.11. The van der Waals surface area contributed by atoms with Crippen LogP contribution >= 0.6 is 0 Å². The van der Waals surface area contributed by atoms with Crippen LogP contribution in [0.25, 0.3) is 83.9 Å². The second-order valence-electron chi connectivity index (χ2n) is 18.5. The fraction of sp³-hybridized carbons (Fsp3) is 0.196. The summed E-state index contributed by atoms with van der Waals surface area (Å²) in [6.07, 6.45) is 5.65. The Hall–Kier alpha value is -6.65. The van der Waals surface area contributed by atoms with Gasteiger partial charge in [-0.15, -0.1) is 0 Å². The van der Waals surface area contributed by atoms with Crippen molar-refractivity contribution < 1.29 is 0 Å². The maximum atomic E-state index is 5.20. The Morgan fingerprint density at radius 1 is 0.467 bits per heavy atom. The molecule has 0 N–H and O–H groups in total. The Labute approximate surface area is 350 Å². The van der Waals surface area contributed by atoms with E-state index in [4.69, 9.17) is 15.0 Å². The molecule has 3 bridgehead atoms. The van der Waals surface area contributed by atoms with Gasteiger partial charge in [-0.2, -0.15) is 0 Å². The molecule has 7 aromatic carbocycles. The van der Waals surface area contributed by atoms with Gasteiger partial charge in [0.05, 0.1) is 11.0 Å². The van der Waals surface area contributed by atoms with Crippen LogP contribution in [0.2, 0.25) is 0 Å². The third kappa shape index (κ3) is 5.06. The fourth-order valence-electron chi connectivity index (χ4n) is 12.0. The van der Waals surface area contributed by atoms with Gasteiger partial charge in [-0.25, -0.2) is 15.0 Å². The lowest BCUT2D eigenvalue weighted by Crippen LogP contribution is -2.23. The molecule has 2 aromatic heterocycles. The van der Waals surface area contributed by atoms with Gasteiger partial charge in [-0.1, -0.05) is 135 Å². The first kappa shape index (κ1) is 34.2. The highest BCUT2D eigenvalue weighted by Crippen LogP contribution is 2.62. The lowest BCUT2D eigenvalue weighted by molar-refractivity contribution is 0.296. The summed E-state index contributed by atoms with van der Waals surface area (Å²) >= 11 is 0. The van der Waals surface area contributed by atoms with Crippen molar-refractivity contribution in [1.29, 1.82) is 0 Å². The van der Waals surface area contributed by atoms with Crippen LogP contribution in [0, 0.1) is 11.8 Å². The van der Waals surface area contributed by atoms with Crippen LogP contribution in [-0.2, 0) is 5.41 Å². The zero-order valence-corrected chi connectivity index (χ0v) is 33.9. The van der Waals surface area contributed by atoms with Gasteiger partial charge in [-0.05, 0) is 130 Å². The van der Waals surface area contributed by atoms with Crippen LogP contribution in [0.5, 0.6) is 0 Å². The average molecular weight is 773 g/mol. The molecule has 4 heteroatoms. The van der Waals surface area contributed by atoms with Crippen molar-refractivity contribution in [3.63, 3.8) is 0 Å². The molecule has 288 valence electrons. The summed E-state index contributed by atoms with van der Waals surface area (Å²) in [5.74, 6) is 5.28. The van der Waals surface area contributed by atoms with E-state index in [2.05, 4.69) is 152 Å². The van der Waals surface area contributed by atoms with E-state index in [-0.39, 0.29) is 5.41 Å². The van der Waals surface area contributed by atoms with Gasteiger partial charge in [0.15, 0.2) is 17.5 Å². The summed E-state index contributed by atoms with van der Waals surface area (Å²) in [6.45, 7) is 4.91. The summed E-state index contributed by atoms with van der Waals surface area (Å²) in [6, 6.07) is 57.2. The zero-order valence-electron chi connectivity index (χ0n) is 33.9. The van der Waals surface area contributed by atoms with Gasteiger partial charge in [0.2, 0.25) is 0 Å². The van der Waals surface area contributed by atoms with Crippen molar-refractivity contribution in [2.24, 2.45) is 11.8 Å². The molecule has 0 saturated heterocycles. The molecule has 4 nitrogen and oxygen atoms in total. The molecular weight excluding hydrogens is 729 g/mol. The first-order valence-electron chi connectivity index (χ1n) is 21.8. The van der Waals surface area contributed by atoms with Crippen molar-refractivity contribution in [2.45, 2.75) is 56.8 Å². The summed E-state index contributed by atoms with van der Waals surface area (Å²) in [7, 11) is 0. The lowest BCUT2D eigenvalue weighted by Gasteiger charge is -2.37. The minimum absolute atomic E-state index is 0.0988. The second kappa shape index (κ2) is 12.7. The van der Waals surface area contributed by atoms with E-state index in [1.54, 1.807) is 11.1 Å². The molecule has 2 heterocycles. The molecule has 0 radical (unpaired) electrons. The fourth-order valence-corrected chi connectivity index (χ4v) is 12.0. The summed E-state index contributed by atoms with van der Waals surface area (Å²) in [5, 5.41) is 2.57. The van der Waals surface area contributed by atoms with E-state index >= 15 is 0 Å². The van der Waals surface area contributed by atoms with Gasteiger partial charge in [0.25, 0.3) is 0 Å². The van der Waals surface area contributed by atoms with Gasteiger partial charge >= 0.3 is 0 Å². The predicted octanol–water partition coefficient (Wildman–Crippen LogP) is 13.9. The zero-order chi connectivity index (χ0) is 39.7. The van der Waals surface area contributed by atoms with Gasteiger partial charge in [0.1, 0.15) is 0 Å². The van der Waals surface area contributed by atoms with Crippen LogP contribution in [0.15, 0.2) is 158 Å². The highest BCUT2D eigenvalue weighted by atomic mass is 15.0. The number of aromatic nitrogens is 4. The molecule has 2 fully saturated rings. The van der Waals surface area contributed by atoms with Crippen LogP contribution < -0.4 is 0 Å². The van der Waals surface area contributed by atoms with Gasteiger partial charge in [0, 0.05) is 38.6 Å². The van der Waals surface area contributed by atoms with Gasteiger partial charge in [-0.3, -0.25) is 0 Å². The Morgan fingerprint density at radius 2 is 1.10 bits per heavy atom. The maximum absolute atomic E-state index is 5.20. The normalized spacial score (nSPS) is 20.4. The SMILES string of the molecule is CC1(C)c2cc3c(cc2-c2cc4c5ccccc5n(-c5cccc(-c6nc(-c7ccccc7)nc(-c7cccc(-c8ccccc8)c7)n6)c5)c4cc21)C1CC2CC(C1)C3C2. The van der Waals surface area contributed by atoms with Crippen LogP contribution in [0.4, 0.5) is 0 Å². The third-order valence-corrected chi connectivity index (χ3v) is 14.8. The molecule has 2 saturated carbocycles. The first-order chi connectivity index (χ1) is 29.4. The topological polar surface area (TPSA) is 43.6 Å². The Kier molecular flexibility index (Phi) is 7.23. The molecule has 13 rings (SSSR count). The summed E-state index contributed by atoms with van der Waals surface area (Å²) < 4.78 is 2.46. The number of nitrogens with zero attached hydrogens (tertiary/aromatic N) is 4. The molecule has 60 heavy (non-hydrogen) atoms. The Balaban J connectivity index is 0.966. The maximum Gasteiger partial charge on any atom is 0.164 e. The van der Waals surface area contributed by atoms with E-state index in [0.717, 1.165) is 57.2 Å². The third-order valence-electron chi connectivity index (χ3n) is 14.8. The Bertz CT molecular complexity index is 3210. The molecule has 4 unspecified atom stereocenters. The van der Waals surface area contributed by atoms with Crippen LogP contribution in [0.1, 0.15) is 73.6 Å². The number of fused-ring (bicyclic) bond motifs is 11. The second-order valence-corrected chi connectivity index (χ2v) is 18.5. The number of rotatable bonds is 5. The lowest BCUT2D eigenvalue weighted by atomic mass is 9.67. The number of hydrogen-bond acceptors (Lipinski definition) is 3. The number of para-hydroxylation sites is 1. The van der Waals surface area contributed by atoms with E-state index in [0.29, 0.717) is 17.5 Å². The quantitative estimate of drug-likeness (QED) is 0.175. The van der Waals surface area contributed by atoms with Crippen LogP contribution in [0.3, 0.4) is 0 Å². The molecule has 4 aliphatic carbocycles. The smallest absolute Gasteiger partial charge is 0.164 e. The first-order valence-corrected chi connectivity index (χ1v) is 21.8. The molecule has 0 spiro atoms. The standard InChI is InChI=1S/C56H44N4/c1-56(2)49-31-45-43-25-33-23-39(43)27-40(24-33)44(45)29-46(49)47-30-48-42-21-9-10-22-51(42)60(52(48)32-50(47)56)41-20-12-19-38(28-41)55-58-53(35-15-7-4-8-16-35)57-54(59-55)37-18-11-17-36(26-37)34-13-5-3-6-14-34/h3-22,26,28-33,39-40,43H,23-25,27H2,1-2H3. The molecule has 4 aliphatic rings. The van der Waals surface area contributed by atoms with Crippen molar-refractivity contribution in [3.8, 4) is 62.1 Å². The molecule has 0 amide bonds. The van der Waals surface area contributed by atoms with Crippen molar-refractivity contribution in [2.75, 3.05) is 0 Å². The average Bonchev–Trinajstić information content (AvgIpc) is 3.84. The van der Waals surface area contributed by atoms with E-state index in [1.807, 2.05) is 24.3 Å². The minimum atomic E-state index is -0.0988. The predicted molar refractivity (Wildman–Crippen MR) is 244 cm³/mol. The van der Waals surface area contributed by atoms with Crippen molar-refractivity contribution >= 4 is 21.8 Å². The van der Waals surface area contributed by atoms with Gasteiger partial charge < -0.3 is 4.57 Å². The summed E-state index contributed by atoms with van der Waals surface area (Å²) in [4.78, 5) is 15.4. The number of benzene rings is 7. The highest BCUT2D eigenvalue weighted by Gasteiger charge is 2.48. The molecule has 0 aliphatic heterocycles. The molecular formula is C56H44N4.